The van der Waals surface area contributed by atoms with Crippen molar-refractivity contribution in [3.63, 3.8) is 0 Å². The van der Waals surface area contributed by atoms with Gasteiger partial charge >= 0.3 is 0 Å². The van der Waals surface area contributed by atoms with Gasteiger partial charge in [-0.1, -0.05) is 64.4 Å². The van der Waals surface area contributed by atoms with Crippen LogP contribution in [0, 0.1) is 0 Å². The second-order valence-corrected chi connectivity index (χ2v) is 6.96. The fourth-order valence-electron chi connectivity index (χ4n) is 3.49. The molecule has 0 bridgehead atoms. The van der Waals surface area contributed by atoms with Crippen LogP contribution in [0.25, 0.3) is 0 Å². The predicted molar refractivity (Wildman–Crippen MR) is 101 cm³/mol. The Bertz CT molecular complexity index is 341. The first-order valence-electron chi connectivity index (χ1n) is 9.94. The molecule has 3 heteroatoms. The minimum atomic E-state index is 0.228. The Morgan fingerprint density at radius 3 is 2.30 bits per heavy atom. The number of likely N-dealkylation sites (N-methyl/N-ethyl adjacent to an activating group) is 1. The second-order valence-electron chi connectivity index (χ2n) is 6.96. The minimum absolute atomic E-state index is 0.228. The molecule has 1 aliphatic rings. The van der Waals surface area contributed by atoms with Crippen molar-refractivity contribution >= 4 is 6.21 Å². The van der Waals surface area contributed by atoms with Crippen LogP contribution in [0.2, 0.25) is 0 Å². The molecule has 0 amide bonds. The average molecular weight is 324 g/mol. The largest absolute Gasteiger partial charge is 0.391 e. The first-order valence-corrected chi connectivity index (χ1v) is 9.94. The SMILES string of the molecule is CCCCCCCCCCC/C=C/C1N=CC[N+]1(CC)CCO. The first-order chi connectivity index (χ1) is 11.3. The zero-order chi connectivity index (χ0) is 16.8. The zero-order valence-electron chi connectivity index (χ0n) is 15.6. The van der Waals surface area contributed by atoms with Crippen LogP contribution in [0.5, 0.6) is 0 Å². The van der Waals surface area contributed by atoms with E-state index >= 15 is 0 Å². The molecule has 0 aromatic heterocycles. The highest BCUT2D eigenvalue weighted by Crippen LogP contribution is 2.20. The summed E-state index contributed by atoms with van der Waals surface area (Å²) in [5, 5.41) is 9.31. The molecule has 2 unspecified atom stereocenters. The standard InChI is InChI=1S/C20H39N2O/c1-3-5-6-7-8-9-10-11-12-13-14-15-20-21-16-17-22(20,4-2)18-19-23/h14-16,20,23H,3-13,17-19H2,1-2H3/q+1/b15-14+. The smallest absolute Gasteiger partial charge is 0.202 e. The Hall–Kier alpha value is -0.670. The van der Waals surface area contributed by atoms with Crippen LogP contribution in [-0.2, 0) is 0 Å². The molecule has 1 aliphatic heterocycles. The predicted octanol–water partition coefficient (Wildman–Crippen LogP) is 4.70. The summed E-state index contributed by atoms with van der Waals surface area (Å²) >= 11 is 0. The molecular formula is C20H39N2O+. The summed E-state index contributed by atoms with van der Waals surface area (Å²) in [5.74, 6) is 0. The van der Waals surface area contributed by atoms with Gasteiger partial charge in [0.1, 0.15) is 13.1 Å². The van der Waals surface area contributed by atoms with E-state index in [0.717, 1.165) is 24.1 Å². The van der Waals surface area contributed by atoms with Gasteiger partial charge in [-0.05, 0) is 25.8 Å². The first kappa shape index (κ1) is 20.4. The molecule has 2 atom stereocenters. The van der Waals surface area contributed by atoms with E-state index in [4.69, 9.17) is 0 Å². The average Bonchev–Trinajstić information content (AvgIpc) is 2.96. The van der Waals surface area contributed by atoms with Gasteiger partial charge in [-0.15, -0.1) is 0 Å². The molecule has 0 saturated carbocycles. The number of aliphatic hydroxyl groups is 1. The quantitative estimate of drug-likeness (QED) is 0.280. The molecule has 0 aromatic carbocycles. The van der Waals surface area contributed by atoms with Gasteiger partial charge in [0.25, 0.3) is 0 Å². The lowest BCUT2D eigenvalue weighted by atomic mass is 10.1. The number of unbranched alkanes of at least 4 members (excludes halogenated alkanes) is 9. The Balaban J connectivity index is 2.08. The third kappa shape index (κ3) is 7.63. The monoisotopic (exact) mass is 323 g/mol. The number of hydrogen-bond donors (Lipinski definition) is 1. The van der Waals surface area contributed by atoms with E-state index in [-0.39, 0.29) is 12.8 Å². The fourth-order valence-corrected chi connectivity index (χ4v) is 3.49. The van der Waals surface area contributed by atoms with Gasteiger partial charge in [0.2, 0.25) is 6.17 Å². The molecule has 0 aromatic rings. The molecule has 3 nitrogen and oxygen atoms in total. The summed E-state index contributed by atoms with van der Waals surface area (Å²) in [5.41, 5.74) is 0. The van der Waals surface area contributed by atoms with E-state index in [2.05, 4.69) is 31.0 Å². The summed E-state index contributed by atoms with van der Waals surface area (Å²) in [6.45, 7) is 7.53. The summed E-state index contributed by atoms with van der Waals surface area (Å²) in [6.07, 6.45) is 20.5. The van der Waals surface area contributed by atoms with Crippen molar-refractivity contribution < 1.29 is 9.59 Å². The van der Waals surface area contributed by atoms with Crippen LogP contribution >= 0.6 is 0 Å². The van der Waals surface area contributed by atoms with Crippen LogP contribution in [0.4, 0.5) is 0 Å². The maximum absolute atomic E-state index is 9.31. The van der Waals surface area contributed by atoms with Crippen LogP contribution in [-0.4, -0.2) is 48.2 Å². The fraction of sp³-hybridized carbons (Fsp3) is 0.850. The van der Waals surface area contributed by atoms with Gasteiger partial charge in [-0.25, -0.2) is 4.99 Å². The van der Waals surface area contributed by atoms with Crippen molar-refractivity contribution in [3.05, 3.63) is 12.2 Å². The molecular weight excluding hydrogens is 284 g/mol. The number of aliphatic imine (C=N–C) groups is 1. The molecule has 1 rings (SSSR count). The zero-order valence-corrected chi connectivity index (χ0v) is 15.6. The number of aliphatic hydroxyl groups excluding tert-OH is 1. The molecule has 1 heterocycles. The molecule has 1 N–H and O–H groups in total. The third-order valence-electron chi connectivity index (χ3n) is 5.22. The topological polar surface area (TPSA) is 32.6 Å². The third-order valence-corrected chi connectivity index (χ3v) is 5.22. The van der Waals surface area contributed by atoms with Crippen molar-refractivity contribution in [3.8, 4) is 0 Å². The molecule has 134 valence electrons. The number of rotatable bonds is 14. The molecule has 0 spiro atoms. The molecule has 0 radical (unpaired) electrons. The Morgan fingerprint density at radius 1 is 1.04 bits per heavy atom. The van der Waals surface area contributed by atoms with Gasteiger partial charge in [0.15, 0.2) is 0 Å². The summed E-state index contributed by atoms with van der Waals surface area (Å²) in [6, 6.07) is 0. The van der Waals surface area contributed by atoms with Crippen molar-refractivity contribution in [2.24, 2.45) is 4.99 Å². The van der Waals surface area contributed by atoms with E-state index < -0.39 is 0 Å². The summed E-state index contributed by atoms with van der Waals surface area (Å²) in [4.78, 5) is 4.61. The van der Waals surface area contributed by atoms with Crippen molar-refractivity contribution in [2.75, 3.05) is 26.2 Å². The van der Waals surface area contributed by atoms with E-state index in [1.807, 2.05) is 6.21 Å². The Kier molecular flexibility index (Phi) is 11.3. The Labute approximate surface area is 144 Å². The number of nitrogens with zero attached hydrogens (tertiary/aromatic N) is 2. The van der Waals surface area contributed by atoms with Gasteiger partial charge < -0.3 is 5.11 Å². The lowest BCUT2D eigenvalue weighted by Gasteiger charge is -2.36. The van der Waals surface area contributed by atoms with Gasteiger partial charge in [-0.2, -0.15) is 0 Å². The maximum atomic E-state index is 9.31. The van der Waals surface area contributed by atoms with Gasteiger partial charge in [0, 0.05) is 0 Å². The lowest BCUT2D eigenvalue weighted by Crippen LogP contribution is -2.53. The normalized spacial score (nSPS) is 24.0. The number of allylic oxidation sites excluding steroid dienone is 1. The Morgan fingerprint density at radius 2 is 1.70 bits per heavy atom. The second kappa shape index (κ2) is 12.7. The summed E-state index contributed by atoms with van der Waals surface area (Å²) < 4.78 is 0.894. The molecule has 0 fully saturated rings. The molecule has 23 heavy (non-hydrogen) atoms. The van der Waals surface area contributed by atoms with E-state index in [9.17, 15) is 5.11 Å². The number of quaternary nitrogens is 1. The van der Waals surface area contributed by atoms with Crippen molar-refractivity contribution in [2.45, 2.75) is 84.2 Å². The lowest BCUT2D eigenvalue weighted by molar-refractivity contribution is -0.929. The number of hydrogen-bond acceptors (Lipinski definition) is 2. The van der Waals surface area contributed by atoms with E-state index in [0.29, 0.717) is 0 Å². The highest BCUT2D eigenvalue weighted by molar-refractivity contribution is 5.60. The summed E-state index contributed by atoms with van der Waals surface area (Å²) in [7, 11) is 0. The van der Waals surface area contributed by atoms with Crippen LogP contribution < -0.4 is 0 Å². The van der Waals surface area contributed by atoms with Crippen molar-refractivity contribution in [1.82, 2.24) is 0 Å². The molecule has 0 aliphatic carbocycles. The van der Waals surface area contributed by atoms with Crippen LogP contribution in [0.15, 0.2) is 17.1 Å². The van der Waals surface area contributed by atoms with Crippen molar-refractivity contribution in [1.29, 1.82) is 0 Å². The highest BCUT2D eigenvalue weighted by atomic mass is 16.3. The van der Waals surface area contributed by atoms with E-state index in [1.165, 1.54) is 64.2 Å². The van der Waals surface area contributed by atoms with Gasteiger partial charge in [-0.3, -0.25) is 4.48 Å². The van der Waals surface area contributed by atoms with E-state index in [1.54, 1.807) is 0 Å². The minimum Gasteiger partial charge on any atom is -0.391 e. The maximum Gasteiger partial charge on any atom is 0.202 e. The highest BCUT2D eigenvalue weighted by Gasteiger charge is 2.35. The van der Waals surface area contributed by atoms with Crippen LogP contribution in [0.1, 0.15) is 78.1 Å². The van der Waals surface area contributed by atoms with Gasteiger partial charge in [0.05, 0.1) is 19.4 Å². The molecule has 0 saturated heterocycles. The van der Waals surface area contributed by atoms with Crippen LogP contribution in [0.3, 0.4) is 0 Å².